The molecular weight excluding hydrogens is 408 g/mol. The lowest BCUT2D eigenvalue weighted by Crippen LogP contribution is -2.49. The van der Waals surface area contributed by atoms with Crippen LogP contribution in [0.4, 0.5) is 0 Å². The Bertz CT molecular complexity index is 1060. The third-order valence-electron chi connectivity index (χ3n) is 7.45. The molecule has 0 N–H and O–H groups in total. The zero-order chi connectivity index (χ0) is 22.3. The van der Waals surface area contributed by atoms with Crippen molar-refractivity contribution in [3.05, 3.63) is 71.8 Å². The summed E-state index contributed by atoms with van der Waals surface area (Å²) in [6, 6.07) is 16.4. The second-order valence-corrected chi connectivity index (χ2v) is 8.88. The van der Waals surface area contributed by atoms with Gasteiger partial charge in [-0.3, -0.25) is 29.0 Å². The van der Waals surface area contributed by atoms with Crippen molar-refractivity contribution in [2.45, 2.75) is 24.2 Å². The molecule has 4 fully saturated rings. The van der Waals surface area contributed by atoms with E-state index in [1.54, 1.807) is 0 Å². The van der Waals surface area contributed by atoms with E-state index in [2.05, 4.69) is 0 Å². The van der Waals surface area contributed by atoms with Crippen LogP contribution in [0.2, 0.25) is 0 Å². The second-order valence-electron chi connectivity index (χ2n) is 8.88. The van der Waals surface area contributed by atoms with Crippen molar-refractivity contribution >= 4 is 23.6 Å². The zero-order valence-corrected chi connectivity index (χ0v) is 17.7. The Labute approximate surface area is 185 Å². The van der Waals surface area contributed by atoms with Gasteiger partial charge in [-0.05, 0) is 11.1 Å². The summed E-state index contributed by atoms with van der Waals surface area (Å²) in [6.07, 6.45) is 0. The Hall–Kier alpha value is -3.36. The van der Waals surface area contributed by atoms with Gasteiger partial charge in [-0.1, -0.05) is 60.7 Å². The Morgan fingerprint density at radius 1 is 0.500 bits per heavy atom. The first kappa shape index (κ1) is 19.3. The van der Waals surface area contributed by atoms with E-state index in [1.165, 1.54) is 23.9 Å². The molecule has 4 aliphatic rings. The Balaban J connectivity index is 1.60. The van der Waals surface area contributed by atoms with E-state index in [4.69, 9.17) is 0 Å². The predicted octanol–water partition coefficient (Wildman–Crippen LogP) is 0.982. The molecule has 0 spiro atoms. The number of carbonyl (C=O) groups excluding carboxylic acids is 4. The molecule has 8 nitrogen and oxygen atoms in total. The number of imide groups is 2. The van der Waals surface area contributed by atoms with Gasteiger partial charge in [0.05, 0.1) is 23.9 Å². The van der Waals surface area contributed by atoms with Gasteiger partial charge in [-0.25, -0.2) is 10.0 Å². The number of carbonyl (C=O) groups is 4. The van der Waals surface area contributed by atoms with Crippen molar-refractivity contribution in [1.82, 2.24) is 19.8 Å². The minimum absolute atomic E-state index is 0.253. The molecule has 32 heavy (non-hydrogen) atoms. The Kier molecular flexibility index (Phi) is 3.97. The highest BCUT2D eigenvalue weighted by molar-refractivity contribution is 6.10. The number of benzene rings is 2. The van der Waals surface area contributed by atoms with E-state index in [0.717, 1.165) is 11.1 Å². The first-order valence-corrected chi connectivity index (χ1v) is 10.7. The Morgan fingerprint density at radius 3 is 1.19 bits per heavy atom. The first-order valence-electron chi connectivity index (χ1n) is 10.7. The number of likely N-dealkylation sites (N-methyl/N-ethyl adjacent to an activating group) is 2. The summed E-state index contributed by atoms with van der Waals surface area (Å²) in [5.74, 6) is -2.38. The van der Waals surface area contributed by atoms with Crippen molar-refractivity contribution in [3.8, 4) is 0 Å². The lowest BCUT2D eigenvalue weighted by Gasteiger charge is -2.35. The number of hydrogen-bond donors (Lipinski definition) is 0. The average Bonchev–Trinajstić information content (AvgIpc) is 3.46. The normalized spacial score (nSPS) is 34.4. The number of rotatable bonds is 2. The van der Waals surface area contributed by atoms with Crippen molar-refractivity contribution in [2.75, 3.05) is 14.1 Å². The van der Waals surface area contributed by atoms with E-state index in [9.17, 15) is 19.2 Å². The molecule has 162 valence electrons. The van der Waals surface area contributed by atoms with Crippen LogP contribution in [0.5, 0.6) is 0 Å². The van der Waals surface area contributed by atoms with Crippen molar-refractivity contribution in [2.24, 2.45) is 11.8 Å². The summed E-state index contributed by atoms with van der Waals surface area (Å²) in [7, 11) is 3.02. The molecule has 0 bridgehead atoms. The highest BCUT2D eigenvalue weighted by atomic mass is 16.2. The average molecular weight is 430 g/mol. The zero-order valence-electron chi connectivity index (χ0n) is 17.7. The number of hydrogen-bond acceptors (Lipinski definition) is 6. The number of fused-ring (bicyclic) bond motifs is 5. The number of nitrogens with zero attached hydrogens (tertiary/aromatic N) is 4. The summed E-state index contributed by atoms with van der Waals surface area (Å²) in [4.78, 5) is 55.5. The maximum absolute atomic E-state index is 13.3. The quantitative estimate of drug-likeness (QED) is 0.661. The molecule has 0 aromatic heterocycles. The molecule has 0 aliphatic carbocycles. The summed E-state index contributed by atoms with van der Waals surface area (Å²) in [5, 5.41) is 3.75. The third kappa shape index (κ3) is 2.23. The van der Waals surface area contributed by atoms with Crippen molar-refractivity contribution in [3.63, 3.8) is 0 Å². The van der Waals surface area contributed by atoms with Crippen molar-refractivity contribution in [1.29, 1.82) is 0 Å². The molecule has 8 heteroatoms. The lowest BCUT2D eigenvalue weighted by atomic mass is 9.84. The molecule has 2 aromatic carbocycles. The van der Waals surface area contributed by atoms with Crippen LogP contribution in [0.15, 0.2) is 60.7 Å². The Morgan fingerprint density at radius 2 is 0.844 bits per heavy atom. The molecule has 0 saturated carbocycles. The summed E-state index contributed by atoms with van der Waals surface area (Å²) in [5.41, 5.74) is 1.70. The van der Waals surface area contributed by atoms with Crippen LogP contribution in [0.1, 0.15) is 23.2 Å². The van der Waals surface area contributed by atoms with Gasteiger partial charge in [0.15, 0.2) is 0 Å². The van der Waals surface area contributed by atoms with Gasteiger partial charge >= 0.3 is 0 Å². The topological polar surface area (TPSA) is 81.2 Å². The van der Waals surface area contributed by atoms with Gasteiger partial charge in [0.2, 0.25) is 23.6 Å². The molecule has 4 heterocycles. The van der Waals surface area contributed by atoms with Crippen LogP contribution in [0.3, 0.4) is 0 Å². The van der Waals surface area contributed by atoms with Gasteiger partial charge in [-0.15, -0.1) is 0 Å². The standard InChI is InChI=1S/C24H22N4O4/c1-25-21(29)15-17(13-9-5-3-6-10-13)28-20-16(22(30)26(2)24(20)32)18(14-11-7-4-8-12-14)27(28)19(15)23(25)31/h3-12,15-20H,1-2H3/t15-,16+,17+,18-,19-,20+. The SMILES string of the molecule is CN1C(=O)[C@@H]2[C@@H](C1=O)N1[C@@H](c3ccccc3)[C@H]3C(=O)N(C)C(=O)[C@@H]3N1[C@@H]2c1ccccc1. The highest BCUT2D eigenvalue weighted by Crippen LogP contribution is 2.58. The van der Waals surface area contributed by atoms with Crippen LogP contribution in [0.25, 0.3) is 0 Å². The van der Waals surface area contributed by atoms with E-state index in [0.29, 0.717) is 0 Å². The fourth-order valence-corrected chi connectivity index (χ4v) is 6.08. The van der Waals surface area contributed by atoms with Crippen LogP contribution >= 0.6 is 0 Å². The maximum Gasteiger partial charge on any atom is 0.248 e. The molecule has 0 radical (unpaired) electrons. The minimum Gasteiger partial charge on any atom is -0.284 e. The fourth-order valence-electron chi connectivity index (χ4n) is 6.08. The molecule has 4 saturated heterocycles. The molecule has 6 rings (SSSR count). The first-order chi connectivity index (χ1) is 15.4. The largest absolute Gasteiger partial charge is 0.284 e. The predicted molar refractivity (Wildman–Crippen MR) is 112 cm³/mol. The van der Waals surface area contributed by atoms with E-state index in [-0.39, 0.29) is 23.6 Å². The summed E-state index contributed by atoms with van der Waals surface area (Å²) < 4.78 is 0. The monoisotopic (exact) mass is 430 g/mol. The summed E-state index contributed by atoms with van der Waals surface area (Å²) in [6.45, 7) is 0. The fraction of sp³-hybridized carbons (Fsp3) is 0.333. The highest BCUT2D eigenvalue weighted by Gasteiger charge is 2.72. The van der Waals surface area contributed by atoms with Crippen molar-refractivity contribution < 1.29 is 19.2 Å². The lowest BCUT2D eigenvalue weighted by molar-refractivity contribution is -0.151. The van der Waals surface area contributed by atoms with Gasteiger partial charge in [0.1, 0.15) is 12.1 Å². The van der Waals surface area contributed by atoms with Crippen LogP contribution in [-0.4, -0.2) is 69.6 Å². The maximum atomic E-state index is 13.3. The van der Waals surface area contributed by atoms with E-state index < -0.39 is 36.0 Å². The molecule has 2 aromatic rings. The van der Waals surface area contributed by atoms with Gasteiger partial charge in [-0.2, -0.15) is 0 Å². The van der Waals surface area contributed by atoms with Crippen LogP contribution in [-0.2, 0) is 19.2 Å². The molecule has 4 amide bonds. The van der Waals surface area contributed by atoms with Crippen LogP contribution < -0.4 is 0 Å². The van der Waals surface area contributed by atoms with Gasteiger partial charge < -0.3 is 0 Å². The summed E-state index contributed by atoms with van der Waals surface area (Å²) >= 11 is 0. The molecule has 0 unspecified atom stereocenters. The smallest absolute Gasteiger partial charge is 0.248 e. The minimum atomic E-state index is -0.751. The van der Waals surface area contributed by atoms with Crippen LogP contribution in [0, 0.1) is 11.8 Å². The number of hydrazine groups is 1. The molecule has 4 aliphatic heterocycles. The van der Waals surface area contributed by atoms with Gasteiger partial charge in [0.25, 0.3) is 0 Å². The number of amides is 4. The van der Waals surface area contributed by atoms with E-state index >= 15 is 0 Å². The molecule has 6 atom stereocenters. The van der Waals surface area contributed by atoms with E-state index in [1.807, 2.05) is 70.7 Å². The second kappa shape index (κ2) is 6.57. The number of likely N-dealkylation sites (tertiary alicyclic amines) is 2. The third-order valence-corrected chi connectivity index (χ3v) is 7.45. The molecular formula is C24H22N4O4. The van der Waals surface area contributed by atoms with Gasteiger partial charge in [0, 0.05) is 14.1 Å².